The number of hydrogen-bond acceptors (Lipinski definition) is 5. The molecule has 1 aliphatic heterocycles. The molecule has 1 heterocycles. The van der Waals surface area contributed by atoms with Crippen molar-refractivity contribution < 1.29 is 14.3 Å². The molecule has 0 amide bonds. The molecule has 1 fully saturated rings. The number of ether oxygens (including phenoxy) is 2. The Bertz CT molecular complexity index is 283. The SMILES string of the molecule is CC(CNCCCN1CCOCC1)C(=O)OC(C)(C)C. The lowest BCUT2D eigenvalue weighted by Crippen LogP contribution is -2.38. The Morgan fingerprint density at radius 2 is 2.00 bits per heavy atom. The summed E-state index contributed by atoms with van der Waals surface area (Å²) in [5, 5.41) is 3.33. The lowest BCUT2D eigenvalue weighted by molar-refractivity contribution is -0.159. The summed E-state index contributed by atoms with van der Waals surface area (Å²) in [6, 6.07) is 0. The molecule has 20 heavy (non-hydrogen) atoms. The summed E-state index contributed by atoms with van der Waals surface area (Å²) in [5.74, 6) is -0.226. The summed E-state index contributed by atoms with van der Waals surface area (Å²) >= 11 is 0. The molecule has 1 N–H and O–H groups in total. The van der Waals surface area contributed by atoms with Crippen LogP contribution >= 0.6 is 0 Å². The fourth-order valence-electron chi connectivity index (χ4n) is 2.06. The maximum Gasteiger partial charge on any atom is 0.310 e. The Balaban J connectivity index is 2.03. The Kier molecular flexibility index (Phi) is 7.48. The van der Waals surface area contributed by atoms with Crippen molar-refractivity contribution in [1.29, 1.82) is 0 Å². The Labute approximate surface area is 123 Å². The largest absolute Gasteiger partial charge is 0.460 e. The number of nitrogens with one attached hydrogen (secondary N) is 1. The van der Waals surface area contributed by atoms with Gasteiger partial charge in [-0.3, -0.25) is 9.69 Å². The minimum atomic E-state index is -0.401. The van der Waals surface area contributed by atoms with Crippen molar-refractivity contribution in [2.45, 2.75) is 39.7 Å². The number of nitrogens with zero attached hydrogens (tertiary/aromatic N) is 1. The molecule has 0 bridgehead atoms. The highest BCUT2D eigenvalue weighted by atomic mass is 16.6. The topological polar surface area (TPSA) is 50.8 Å². The van der Waals surface area contributed by atoms with E-state index in [2.05, 4.69) is 10.2 Å². The molecule has 5 nitrogen and oxygen atoms in total. The van der Waals surface area contributed by atoms with Crippen molar-refractivity contribution in [3.8, 4) is 0 Å². The molecule has 0 spiro atoms. The first kappa shape index (κ1) is 17.4. The van der Waals surface area contributed by atoms with Crippen molar-refractivity contribution in [3.63, 3.8) is 0 Å². The zero-order valence-electron chi connectivity index (χ0n) is 13.4. The van der Waals surface area contributed by atoms with Gasteiger partial charge in [0.1, 0.15) is 5.60 Å². The van der Waals surface area contributed by atoms with E-state index in [0.717, 1.165) is 45.8 Å². The molecular weight excluding hydrogens is 256 g/mol. The Morgan fingerprint density at radius 3 is 2.60 bits per heavy atom. The van der Waals surface area contributed by atoms with E-state index >= 15 is 0 Å². The maximum absolute atomic E-state index is 11.8. The van der Waals surface area contributed by atoms with Gasteiger partial charge in [0, 0.05) is 19.6 Å². The van der Waals surface area contributed by atoms with Crippen LogP contribution in [0, 0.1) is 5.92 Å². The van der Waals surface area contributed by atoms with E-state index in [1.165, 1.54) is 0 Å². The number of rotatable bonds is 7. The van der Waals surface area contributed by atoms with Gasteiger partial charge in [-0.1, -0.05) is 6.92 Å². The third-order valence-corrected chi connectivity index (χ3v) is 3.19. The molecule has 0 saturated carbocycles. The summed E-state index contributed by atoms with van der Waals surface area (Å²) in [4.78, 5) is 14.2. The standard InChI is InChI=1S/C15H30N2O3/c1-13(14(18)20-15(2,3)4)12-16-6-5-7-17-8-10-19-11-9-17/h13,16H,5-12H2,1-4H3. The van der Waals surface area contributed by atoms with Crippen molar-refractivity contribution in [3.05, 3.63) is 0 Å². The van der Waals surface area contributed by atoms with Crippen LogP contribution in [0.25, 0.3) is 0 Å². The minimum Gasteiger partial charge on any atom is -0.460 e. The average Bonchev–Trinajstić information content (AvgIpc) is 2.37. The van der Waals surface area contributed by atoms with E-state index < -0.39 is 5.60 Å². The zero-order chi connectivity index (χ0) is 15.0. The molecule has 0 aromatic heterocycles. The van der Waals surface area contributed by atoms with Gasteiger partial charge in [0.25, 0.3) is 0 Å². The van der Waals surface area contributed by atoms with Crippen LogP contribution in [0.3, 0.4) is 0 Å². The van der Waals surface area contributed by atoms with Gasteiger partial charge in [-0.05, 0) is 40.3 Å². The number of carbonyl (C=O) groups is 1. The zero-order valence-corrected chi connectivity index (χ0v) is 13.4. The molecule has 1 rings (SSSR count). The summed E-state index contributed by atoms with van der Waals surface area (Å²) in [6.45, 7) is 14.1. The summed E-state index contributed by atoms with van der Waals surface area (Å²) in [7, 11) is 0. The number of hydrogen-bond donors (Lipinski definition) is 1. The lowest BCUT2D eigenvalue weighted by atomic mass is 10.1. The first-order chi connectivity index (χ1) is 9.38. The summed E-state index contributed by atoms with van der Waals surface area (Å²) in [5.41, 5.74) is -0.401. The molecule has 1 unspecified atom stereocenters. The van der Waals surface area contributed by atoms with Crippen molar-refractivity contribution in [1.82, 2.24) is 10.2 Å². The summed E-state index contributed by atoms with van der Waals surface area (Å²) < 4.78 is 10.7. The highest BCUT2D eigenvalue weighted by molar-refractivity contribution is 5.72. The van der Waals surface area contributed by atoms with E-state index in [1.54, 1.807) is 0 Å². The van der Waals surface area contributed by atoms with Crippen LogP contribution in [0.4, 0.5) is 0 Å². The van der Waals surface area contributed by atoms with Crippen LogP contribution in [-0.4, -0.2) is 62.4 Å². The van der Waals surface area contributed by atoms with Gasteiger partial charge in [0.15, 0.2) is 0 Å². The fourth-order valence-corrected chi connectivity index (χ4v) is 2.06. The fraction of sp³-hybridized carbons (Fsp3) is 0.933. The quantitative estimate of drug-likeness (QED) is 0.564. The van der Waals surface area contributed by atoms with Gasteiger partial charge < -0.3 is 14.8 Å². The van der Waals surface area contributed by atoms with Crippen LogP contribution < -0.4 is 5.32 Å². The maximum atomic E-state index is 11.8. The van der Waals surface area contributed by atoms with E-state index in [-0.39, 0.29) is 11.9 Å². The van der Waals surface area contributed by atoms with Gasteiger partial charge in [0.2, 0.25) is 0 Å². The Hall–Kier alpha value is -0.650. The van der Waals surface area contributed by atoms with E-state index in [9.17, 15) is 4.79 Å². The summed E-state index contributed by atoms with van der Waals surface area (Å²) in [6.07, 6.45) is 1.10. The lowest BCUT2D eigenvalue weighted by Gasteiger charge is -2.26. The van der Waals surface area contributed by atoms with Gasteiger partial charge in [-0.25, -0.2) is 0 Å². The Morgan fingerprint density at radius 1 is 1.35 bits per heavy atom. The molecule has 5 heteroatoms. The predicted octanol–water partition coefficient (Wildman–Crippen LogP) is 1.28. The molecule has 0 radical (unpaired) electrons. The van der Waals surface area contributed by atoms with E-state index in [0.29, 0.717) is 6.54 Å². The van der Waals surface area contributed by atoms with Crippen LogP contribution in [0.2, 0.25) is 0 Å². The average molecular weight is 286 g/mol. The van der Waals surface area contributed by atoms with Crippen LogP contribution in [0.5, 0.6) is 0 Å². The predicted molar refractivity (Wildman–Crippen MR) is 79.8 cm³/mol. The number of carbonyl (C=O) groups excluding carboxylic acids is 1. The number of esters is 1. The van der Waals surface area contributed by atoms with Gasteiger partial charge >= 0.3 is 5.97 Å². The first-order valence-corrected chi connectivity index (χ1v) is 7.62. The molecule has 0 aromatic carbocycles. The molecule has 1 aliphatic rings. The second kappa shape index (κ2) is 8.60. The van der Waals surface area contributed by atoms with Gasteiger partial charge in [-0.2, -0.15) is 0 Å². The van der Waals surface area contributed by atoms with Crippen LogP contribution in [0.1, 0.15) is 34.1 Å². The van der Waals surface area contributed by atoms with Crippen molar-refractivity contribution in [2.75, 3.05) is 45.9 Å². The smallest absolute Gasteiger partial charge is 0.310 e. The highest BCUT2D eigenvalue weighted by Crippen LogP contribution is 2.10. The van der Waals surface area contributed by atoms with Crippen LogP contribution in [0.15, 0.2) is 0 Å². The highest BCUT2D eigenvalue weighted by Gasteiger charge is 2.21. The molecule has 1 atom stereocenters. The first-order valence-electron chi connectivity index (χ1n) is 7.62. The van der Waals surface area contributed by atoms with Gasteiger partial charge in [-0.15, -0.1) is 0 Å². The number of morpholine rings is 1. The monoisotopic (exact) mass is 286 g/mol. The molecule has 0 aliphatic carbocycles. The van der Waals surface area contributed by atoms with Crippen molar-refractivity contribution in [2.24, 2.45) is 5.92 Å². The third kappa shape index (κ3) is 7.82. The normalized spacial score (nSPS) is 18.8. The van der Waals surface area contributed by atoms with Crippen molar-refractivity contribution >= 4 is 5.97 Å². The second-order valence-corrected chi connectivity index (χ2v) is 6.45. The van der Waals surface area contributed by atoms with E-state index in [4.69, 9.17) is 9.47 Å². The molecule has 118 valence electrons. The van der Waals surface area contributed by atoms with Gasteiger partial charge in [0.05, 0.1) is 19.1 Å². The third-order valence-electron chi connectivity index (χ3n) is 3.19. The molecule has 0 aromatic rings. The minimum absolute atomic E-state index is 0.0994. The van der Waals surface area contributed by atoms with Crippen LogP contribution in [-0.2, 0) is 14.3 Å². The molecule has 1 saturated heterocycles. The van der Waals surface area contributed by atoms with E-state index in [1.807, 2.05) is 27.7 Å². The second-order valence-electron chi connectivity index (χ2n) is 6.45. The molecular formula is C15H30N2O3.